The standard InChI is InChI=1S/C18H16N4O/c1-12-5-4-6-17(13(12)2)22-18(16(11-19)20-21-22)14-7-9-15(23-3)10-8-14/h4-10H,1-3H3. The molecule has 3 rings (SSSR count). The lowest BCUT2D eigenvalue weighted by Gasteiger charge is -2.11. The molecule has 0 fully saturated rings. The second-order valence-electron chi connectivity index (χ2n) is 5.26. The summed E-state index contributed by atoms with van der Waals surface area (Å²) in [7, 11) is 1.62. The minimum absolute atomic E-state index is 0.302. The van der Waals surface area contributed by atoms with Crippen LogP contribution in [-0.2, 0) is 0 Å². The van der Waals surface area contributed by atoms with Crippen LogP contribution in [-0.4, -0.2) is 22.1 Å². The summed E-state index contributed by atoms with van der Waals surface area (Å²) in [6, 6.07) is 15.6. The van der Waals surface area contributed by atoms with Crippen molar-refractivity contribution < 1.29 is 4.74 Å². The van der Waals surface area contributed by atoms with E-state index in [1.54, 1.807) is 11.8 Å². The van der Waals surface area contributed by atoms with Crippen LogP contribution in [0.15, 0.2) is 42.5 Å². The van der Waals surface area contributed by atoms with Gasteiger partial charge in [-0.1, -0.05) is 17.3 Å². The molecule has 114 valence electrons. The van der Waals surface area contributed by atoms with Crippen LogP contribution < -0.4 is 4.74 Å². The SMILES string of the molecule is COc1ccc(-c2c(C#N)nnn2-c2cccc(C)c2C)cc1. The summed E-state index contributed by atoms with van der Waals surface area (Å²) in [6.45, 7) is 4.09. The molecule has 1 heterocycles. The Morgan fingerprint density at radius 3 is 2.48 bits per heavy atom. The van der Waals surface area contributed by atoms with Gasteiger partial charge in [0.2, 0.25) is 0 Å². The highest BCUT2D eigenvalue weighted by Gasteiger charge is 2.17. The van der Waals surface area contributed by atoms with Gasteiger partial charge in [-0.15, -0.1) is 5.10 Å². The topological polar surface area (TPSA) is 63.7 Å². The van der Waals surface area contributed by atoms with Gasteiger partial charge in [0.15, 0.2) is 5.69 Å². The van der Waals surface area contributed by atoms with Gasteiger partial charge in [-0.3, -0.25) is 0 Å². The number of benzene rings is 2. The van der Waals surface area contributed by atoms with Gasteiger partial charge < -0.3 is 4.74 Å². The Morgan fingerprint density at radius 1 is 1.09 bits per heavy atom. The molecule has 23 heavy (non-hydrogen) atoms. The first kappa shape index (κ1) is 14.8. The molecule has 3 aromatic rings. The Labute approximate surface area is 134 Å². The molecule has 5 nitrogen and oxygen atoms in total. The maximum absolute atomic E-state index is 9.37. The van der Waals surface area contributed by atoms with Gasteiger partial charge in [0, 0.05) is 5.56 Å². The number of nitrogens with zero attached hydrogens (tertiary/aromatic N) is 4. The summed E-state index contributed by atoms with van der Waals surface area (Å²) in [4.78, 5) is 0. The molecule has 0 atom stereocenters. The maximum Gasteiger partial charge on any atom is 0.191 e. The van der Waals surface area contributed by atoms with Crippen LogP contribution in [0.4, 0.5) is 0 Å². The Bertz CT molecular complexity index is 888. The van der Waals surface area contributed by atoms with Crippen molar-refractivity contribution >= 4 is 0 Å². The summed E-state index contributed by atoms with van der Waals surface area (Å²) in [5.74, 6) is 0.762. The van der Waals surface area contributed by atoms with Gasteiger partial charge >= 0.3 is 0 Å². The molecule has 5 heteroatoms. The largest absolute Gasteiger partial charge is 0.497 e. The molecule has 0 radical (unpaired) electrons. The molecule has 0 aliphatic rings. The summed E-state index contributed by atoms with van der Waals surface area (Å²) in [5, 5.41) is 17.6. The lowest BCUT2D eigenvalue weighted by Crippen LogP contribution is -2.03. The number of aromatic nitrogens is 3. The third kappa shape index (κ3) is 2.55. The van der Waals surface area contributed by atoms with E-state index in [1.165, 1.54) is 0 Å². The third-order valence-electron chi connectivity index (χ3n) is 3.94. The van der Waals surface area contributed by atoms with Crippen LogP contribution in [0.25, 0.3) is 16.9 Å². The predicted octanol–water partition coefficient (Wildman–Crippen LogP) is 3.43. The van der Waals surface area contributed by atoms with Crippen LogP contribution in [0.2, 0.25) is 0 Å². The zero-order valence-electron chi connectivity index (χ0n) is 13.2. The van der Waals surface area contributed by atoms with E-state index in [1.807, 2.05) is 56.3 Å². The molecule has 0 spiro atoms. The number of nitriles is 1. The molecule has 0 N–H and O–H groups in total. The Morgan fingerprint density at radius 2 is 1.83 bits per heavy atom. The highest BCUT2D eigenvalue weighted by Crippen LogP contribution is 2.28. The van der Waals surface area contributed by atoms with Gasteiger partial charge in [0.05, 0.1) is 12.8 Å². The Balaban J connectivity index is 2.22. The monoisotopic (exact) mass is 304 g/mol. The Hall–Kier alpha value is -3.13. The normalized spacial score (nSPS) is 10.3. The third-order valence-corrected chi connectivity index (χ3v) is 3.94. The fourth-order valence-electron chi connectivity index (χ4n) is 2.50. The zero-order chi connectivity index (χ0) is 16.4. The first-order valence-corrected chi connectivity index (χ1v) is 7.22. The van der Waals surface area contributed by atoms with Crippen LogP contribution in [0, 0.1) is 25.2 Å². The number of rotatable bonds is 3. The van der Waals surface area contributed by atoms with E-state index in [2.05, 4.69) is 16.4 Å². The summed E-state index contributed by atoms with van der Waals surface area (Å²) < 4.78 is 6.91. The predicted molar refractivity (Wildman–Crippen MR) is 87.5 cm³/mol. The van der Waals surface area contributed by atoms with Crippen molar-refractivity contribution in [3.8, 4) is 28.8 Å². The maximum atomic E-state index is 9.37. The molecule has 2 aromatic carbocycles. The van der Waals surface area contributed by atoms with Gasteiger partial charge in [-0.25, -0.2) is 4.68 Å². The van der Waals surface area contributed by atoms with E-state index >= 15 is 0 Å². The van der Waals surface area contributed by atoms with Gasteiger partial charge in [-0.2, -0.15) is 5.26 Å². The number of ether oxygens (including phenoxy) is 1. The highest BCUT2D eigenvalue weighted by molar-refractivity contribution is 5.68. The van der Waals surface area contributed by atoms with E-state index in [-0.39, 0.29) is 0 Å². The lowest BCUT2D eigenvalue weighted by atomic mass is 10.1. The number of methoxy groups -OCH3 is 1. The van der Waals surface area contributed by atoms with Crippen molar-refractivity contribution in [2.75, 3.05) is 7.11 Å². The van der Waals surface area contributed by atoms with Crippen molar-refractivity contribution in [2.45, 2.75) is 13.8 Å². The number of aryl methyl sites for hydroxylation is 1. The van der Waals surface area contributed by atoms with E-state index in [0.29, 0.717) is 11.4 Å². The van der Waals surface area contributed by atoms with Crippen LogP contribution in [0.5, 0.6) is 5.75 Å². The summed E-state index contributed by atoms with van der Waals surface area (Å²) in [5.41, 5.74) is 5.05. The fourth-order valence-corrected chi connectivity index (χ4v) is 2.50. The van der Waals surface area contributed by atoms with Crippen LogP contribution in [0.1, 0.15) is 16.8 Å². The summed E-state index contributed by atoms with van der Waals surface area (Å²) >= 11 is 0. The molecule has 0 amide bonds. The van der Waals surface area contributed by atoms with Crippen LogP contribution >= 0.6 is 0 Å². The molecule has 1 aromatic heterocycles. The quantitative estimate of drug-likeness (QED) is 0.743. The van der Waals surface area contributed by atoms with Crippen molar-refractivity contribution in [3.05, 3.63) is 59.3 Å². The van der Waals surface area contributed by atoms with E-state index in [0.717, 1.165) is 28.1 Å². The molecule has 0 aliphatic carbocycles. The van der Waals surface area contributed by atoms with E-state index in [9.17, 15) is 5.26 Å². The van der Waals surface area contributed by atoms with Gasteiger partial charge in [0.1, 0.15) is 17.5 Å². The van der Waals surface area contributed by atoms with Gasteiger partial charge in [0.25, 0.3) is 0 Å². The lowest BCUT2D eigenvalue weighted by molar-refractivity contribution is 0.415. The summed E-state index contributed by atoms with van der Waals surface area (Å²) in [6.07, 6.45) is 0. The second-order valence-corrected chi connectivity index (χ2v) is 5.26. The van der Waals surface area contributed by atoms with Crippen molar-refractivity contribution in [1.29, 1.82) is 5.26 Å². The molecule has 0 aliphatic heterocycles. The van der Waals surface area contributed by atoms with Crippen molar-refractivity contribution in [1.82, 2.24) is 15.0 Å². The van der Waals surface area contributed by atoms with E-state index < -0.39 is 0 Å². The molecule has 0 saturated carbocycles. The first-order valence-electron chi connectivity index (χ1n) is 7.22. The zero-order valence-corrected chi connectivity index (χ0v) is 13.2. The first-order chi connectivity index (χ1) is 11.2. The molecule has 0 unspecified atom stereocenters. The Kier molecular flexibility index (Phi) is 3.82. The average Bonchev–Trinajstić information content (AvgIpc) is 3.01. The molecular weight excluding hydrogens is 288 g/mol. The molecule has 0 saturated heterocycles. The van der Waals surface area contributed by atoms with Crippen LogP contribution in [0.3, 0.4) is 0 Å². The molecular formula is C18H16N4O. The number of hydrogen-bond acceptors (Lipinski definition) is 4. The van der Waals surface area contributed by atoms with Gasteiger partial charge in [-0.05, 0) is 55.3 Å². The van der Waals surface area contributed by atoms with Crippen molar-refractivity contribution in [2.24, 2.45) is 0 Å². The van der Waals surface area contributed by atoms with Crippen molar-refractivity contribution in [3.63, 3.8) is 0 Å². The van der Waals surface area contributed by atoms with E-state index in [4.69, 9.17) is 4.74 Å². The average molecular weight is 304 g/mol. The smallest absolute Gasteiger partial charge is 0.191 e. The highest BCUT2D eigenvalue weighted by atomic mass is 16.5. The molecule has 0 bridgehead atoms. The fraction of sp³-hybridized carbons (Fsp3) is 0.167. The number of hydrogen-bond donors (Lipinski definition) is 0. The minimum Gasteiger partial charge on any atom is -0.497 e. The minimum atomic E-state index is 0.302. The second kappa shape index (κ2) is 5.93.